The summed E-state index contributed by atoms with van der Waals surface area (Å²) in [6.07, 6.45) is 2.84. The van der Waals surface area contributed by atoms with Crippen LogP contribution in [0.25, 0.3) is 11.2 Å². The average molecular weight is 653 g/mol. The van der Waals surface area contributed by atoms with Crippen LogP contribution < -0.4 is 21.3 Å². The smallest absolute Gasteiger partial charge is 0.304 e. The van der Waals surface area contributed by atoms with Crippen molar-refractivity contribution in [1.29, 1.82) is 0 Å². The van der Waals surface area contributed by atoms with Crippen molar-refractivity contribution in [2.75, 3.05) is 18.5 Å². The van der Waals surface area contributed by atoms with Crippen LogP contribution in [0.5, 0.6) is 0 Å². The normalized spacial score (nSPS) is 22.7. The number of hydrogen-bond acceptors (Lipinski definition) is 13. The molecule has 2 aromatic rings. The summed E-state index contributed by atoms with van der Waals surface area (Å²) < 4.78 is 5.82. The minimum atomic E-state index is -1.72. The van der Waals surface area contributed by atoms with Crippen LogP contribution in [0.4, 0.5) is 5.82 Å². The fourth-order valence-corrected chi connectivity index (χ4v) is 5.26. The second-order valence-electron chi connectivity index (χ2n) is 11.4. The van der Waals surface area contributed by atoms with E-state index in [1.165, 1.54) is 38.3 Å². The van der Waals surface area contributed by atoms with Gasteiger partial charge in [-0.05, 0) is 6.42 Å². The number of amides is 2. The molecule has 1 unspecified atom stereocenters. The Balaban J connectivity index is 1.62. The number of ether oxygens (including phenoxy) is 1. The molecule has 1 aliphatic heterocycles. The molecule has 17 nitrogen and oxygen atoms in total. The summed E-state index contributed by atoms with van der Waals surface area (Å²) in [4.78, 5) is 52.1. The molecule has 2 amide bonds. The summed E-state index contributed by atoms with van der Waals surface area (Å²) in [6, 6.07) is -1.45. The third kappa shape index (κ3) is 11.1. The Labute approximate surface area is 267 Å². The number of anilines is 1. The third-order valence-electron chi connectivity index (χ3n) is 7.83. The van der Waals surface area contributed by atoms with E-state index in [0.29, 0.717) is 17.6 Å². The predicted octanol–water partition coefficient (Wildman–Crippen LogP) is -0.523. The number of aromatic nitrogens is 4. The number of carboxylic acids is 1. The Morgan fingerprint density at radius 2 is 1.67 bits per heavy atom. The van der Waals surface area contributed by atoms with E-state index in [0.717, 1.165) is 25.7 Å². The van der Waals surface area contributed by atoms with Gasteiger partial charge in [0.2, 0.25) is 5.91 Å². The second-order valence-corrected chi connectivity index (χ2v) is 11.4. The van der Waals surface area contributed by atoms with Gasteiger partial charge in [0.05, 0.1) is 25.4 Å². The topological polar surface area (TPSA) is 264 Å². The predicted molar refractivity (Wildman–Crippen MR) is 165 cm³/mol. The molecule has 3 rings (SSSR count). The lowest BCUT2D eigenvalue weighted by atomic mass is 9.92. The monoisotopic (exact) mass is 652 g/mol. The number of aliphatic carboxylic acids is 1. The Hall–Kier alpha value is -3.48. The molecule has 10 N–H and O–H groups in total. The van der Waals surface area contributed by atoms with Crippen LogP contribution in [0.2, 0.25) is 0 Å². The van der Waals surface area contributed by atoms with Gasteiger partial charge in [-0.2, -0.15) is 0 Å². The molecule has 3 heterocycles. The number of carbonyl (C=O) groups is 3. The van der Waals surface area contributed by atoms with Crippen LogP contribution in [-0.2, 0) is 19.1 Å². The van der Waals surface area contributed by atoms with E-state index >= 15 is 0 Å². The first-order valence-electron chi connectivity index (χ1n) is 15.9. The van der Waals surface area contributed by atoms with Crippen molar-refractivity contribution < 1.29 is 44.7 Å². The zero-order valence-electron chi connectivity index (χ0n) is 26.1. The molecule has 1 aliphatic rings. The molecule has 46 heavy (non-hydrogen) atoms. The quantitative estimate of drug-likeness (QED) is 0.0601. The van der Waals surface area contributed by atoms with Gasteiger partial charge in [-0.15, -0.1) is 0 Å². The van der Waals surface area contributed by atoms with Gasteiger partial charge in [-0.3, -0.25) is 19.7 Å². The number of hydrogen-bond donors (Lipinski definition) is 10. The highest BCUT2D eigenvalue weighted by molar-refractivity contribution is 5.87. The second kappa shape index (κ2) is 19.2. The summed E-state index contributed by atoms with van der Waals surface area (Å²) in [5.41, 5.74) is 0.706. The van der Waals surface area contributed by atoms with Crippen molar-refractivity contribution in [2.24, 2.45) is 0 Å². The van der Waals surface area contributed by atoms with Crippen LogP contribution >= 0.6 is 0 Å². The molecule has 0 aromatic carbocycles. The maximum absolute atomic E-state index is 13.4. The SMILES string of the molecule is CCCCCCCCCCCC(=O)NC(NCCC(=O)O)C(=O)N[C@@H]1[C@@H](O)[C@@H](O)[C@@H](Nc2ncnc3nc[nH]c23)O[C@H]1[C@@H](O)CO. The molecule has 7 atom stereocenters. The highest BCUT2D eigenvalue weighted by Gasteiger charge is 2.48. The first-order valence-corrected chi connectivity index (χ1v) is 15.9. The lowest BCUT2D eigenvalue weighted by Gasteiger charge is -2.45. The zero-order valence-corrected chi connectivity index (χ0v) is 26.1. The minimum Gasteiger partial charge on any atom is -0.481 e. The van der Waals surface area contributed by atoms with Crippen LogP contribution in [0, 0.1) is 0 Å². The number of carboxylic acid groups (broad SMARTS) is 1. The molecule has 1 saturated heterocycles. The molecule has 0 spiro atoms. The zero-order chi connectivity index (χ0) is 33.5. The number of imidazole rings is 1. The summed E-state index contributed by atoms with van der Waals surface area (Å²) in [7, 11) is 0. The van der Waals surface area contributed by atoms with E-state index in [1.807, 2.05) is 0 Å². The van der Waals surface area contributed by atoms with Crippen LogP contribution in [0.3, 0.4) is 0 Å². The summed E-state index contributed by atoms with van der Waals surface area (Å²) >= 11 is 0. The van der Waals surface area contributed by atoms with Gasteiger partial charge in [0, 0.05) is 13.0 Å². The number of rotatable bonds is 21. The van der Waals surface area contributed by atoms with Gasteiger partial charge in [0.25, 0.3) is 5.91 Å². The summed E-state index contributed by atoms with van der Waals surface area (Å²) in [5, 5.41) is 61.8. The highest BCUT2D eigenvalue weighted by Crippen LogP contribution is 2.26. The Morgan fingerprint density at radius 1 is 0.978 bits per heavy atom. The summed E-state index contributed by atoms with van der Waals surface area (Å²) in [5.74, 6) is -2.25. The average Bonchev–Trinajstić information content (AvgIpc) is 3.52. The van der Waals surface area contributed by atoms with Gasteiger partial charge in [-0.25, -0.2) is 15.0 Å². The number of aromatic amines is 1. The largest absolute Gasteiger partial charge is 0.481 e. The number of unbranched alkanes of at least 4 members (excludes halogenated alkanes) is 8. The number of nitrogens with one attached hydrogen (secondary N) is 5. The molecule has 0 saturated carbocycles. The van der Waals surface area contributed by atoms with E-state index in [9.17, 15) is 34.8 Å². The maximum Gasteiger partial charge on any atom is 0.304 e. The molecule has 0 bridgehead atoms. The van der Waals surface area contributed by atoms with Gasteiger partial charge < -0.3 is 51.2 Å². The van der Waals surface area contributed by atoms with E-state index in [-0.39, 0.29) is 25.2 Å². The highest BCUT2D eigenvalue weighted by atomic mass is 16.5. The number of nitrogens with zero attached hydrogens (tertiary/aromatic N) is 3. The number of carbonyl (C=O) groups excluding carboxylic acids is 2. The lowest BCUT2D eigenvalue weighted by molar-refractivity contribution is -0.204. The molecular weight excluding hydrogens is 604 g/mol. The molecule has 1 fully saturated rings. The van der Waals surface area contributed by atoms with Crippen molar-refractivity contribution in [2.45, 2.75) is 120 Å². The number of H-pyrrole nitrogens is 1. The lowest BCUT2D eigenvalue weighted by Crippen LogP contribution is -2.69. The van der Waals surface area contributed by atoms with Gasteiger partial charge >= 0.3 is 5.97 Å². The molecule has 17 heteroatoms. The fraction of sp³-hybridized carbons (Fsp3) is 0.724. The Morgan fingerprint density at radius 3 is 2.35 bits per heavy atom. The van der Waals surface area contributed by atoms with Gasteiger partial charge in [0.1, 0.15) is 36.3 Å². The maximum atomic E-state index is 13.4. The van der Waals surface area contributed by atoms with Crippen molar-refractivity contribution in [3.63, 3.8) is 0 Å². The third-order valence-corrected chi connectivity index (χ3v) is 7.83. The number of aliphatic hydroxyl groups excluding tert-OH is 4. The van der Waals surface area contributed by atoms with Crippen LogP contribution in [0.1, 0.15) is 77.6 Å². The van der Waals surface area contributed by atoms with Crippen molar-refractivity contribution >= 4 is 34.8 Å². The van der Waals surface area contributed by atoms with Crippen LogP contribution in [-0.4, -0.2) is 119 Å². The molecular formula is C29H48N8O9. The van der Waals surface area contributed by atoms with Gasteiger partial charge in [0.15, 0.2) is 23.9 Å². The van der Waals surface area contributed by atoms with Crippen LogP contribution in [0.15, 0.2) is 12.7 Å². The van der Waals surface area contributed by atoms with E-state index in [1.54, 1.807) is 0 Å². The Kier molecular flexibility index (Phi) is 15.5. The molecule has 0 aliphatic carbocycles. The number of aliphatic hydroxyl groups is 4. The first kappa shape index (κ1) is 37.0. The van der Waals surface area contributed by atoms with Crippen molar-refractivity contribution in [1.82, 2.24) is 35.9 Å². The summed E-state index contributed by atoms with van der Waals surface area (Å²) in [6.45, 7) is 1.21. The molecule has 2 aromatic heterocycles. The first-order chi connectivity index (χ1) is 22.2. The van der Waals surface area contributed by atoms with E-state index in [4.69, 9.17) is 9.84 Å². The van der Waals surface area contributed by atoms with Crippen molar-refractivity contribution in [3.8, 4) is 0 Å². The van der Waals surface area contributed by atoms with Gasteiger partial charge in [-0.1, -0.05) is 58.3 Å². The Bertz CT molecular complexity index is 1230. The molecule has 0 radical (unpaired) electrons. The van der Waals surface area contributed by atoms with E-state index in [2.05, 4.69) is 48.1 Å². The fourth-order valence-electron chi connectivity index (χ4n) is 5.26. The number of fused-ring (bicyclic) bond motifs is 1. The molecule has 258 valence electrons. The standard InChI is InChI=1S/C29H48N8O9/c1-2-3-4-5-6-7-8-9-10-11-18(40)35-27(30-13-12-19(41)42)28(45)36-20-22(43)23(44)29(46-24(20)17(39)14-38)37-26-21-25(32-15-31-21)33-16-34-26/h15-17,20,22-24,27,29-30,38-39,43-44H,2-14H2,1H3,(H,35,40)(H,36,45)(H,41,42)(H2,31,32,33,34,37)/t17-,20+,22+,23+,24-,27?,29-/m0/s1. The van der Waals surface area contributed by atoms with Crippen molar-refractivity contribution in [3.05, 3.63) is 12.7 Å². The van der Waals surface area contributed by atoms with E-state index < -0.39 is 67.2 Å². The minimum absolute atomic E-state index is 0.153.